The van der Waals surface area contributed by atoms with Gasteiger partial charge in [0.2, 0.25) is 0 Å². The van der Waals surface area contributed by atoms with Gasteiger partial charge in [0.1, 0.15) is 16.7 Å². The summed E-state index contributed by atoms with van der Waals surface area (Å²) in [6.45, 7) is 6.17. The lowest BCUT2D eigenvalue weighted by atomic mass is 9.98. The van der Waals surface area contributed by atoms with Crippen LogP contribution < -0.4 is 5.73 Å². The van der Waals surface area contributed by atoms with Crippen molar-refractivity contribution >= 4 is 16.1 Å². The summed E-state index contributed by atoms with van der Waals surface area (Å²) in [6, 6.07) is 22.2. The van der Waals surface area contributed by atoms with Crippen molar-refractivity contribution in [2.24, 2.45) is 5.92 Å². The van der Waals surface area contributed by atoms with Gasteiger partial charge in [0.15, 0.2) is 6.04 Å². The van der Waals surface area contributed by atoms with Crippen LogP contribution in [0.15, 0.2) is 77.7 Å². The van der Waals surface area contributed by atoms with Gasteiger partial charge in [-0.15, -0.1) is 0 Å². The number of carbonyl (C=O) groups is 1. The zero-order valence-electron chi connectivity index (χ0n) is 19.0. The topological polar surface area (TPSA) is 111 Å². The number of rotatable bonds is 5. The second-order valence-electron chi connectivity index (χ2n) is 8.47. The lowest BCUT2D eigenvalue weighted by molar-refractivity contribution is -0.418. The number of benzene rings is 3. The third kappa shape index (κ3) is 5.87. The Morgan fingerprint density at radius 2 is 1.42 bits per heavy atom. The SMILES string of the molecule is CC(C)C([NH3+])C(=O)OCC1c2ccccc2-c2ccccc21.Cc1ccc(S(=O)(=O)[O-])cc1. The fourth-order valence-corrected chi connectivity index (χ4v) is 4.16. The number of esters is 1. The molecule has 0 heterocycles. The van der Waals surface area contributed by atoms with E-state index in [0.29, 0.717) is 6.61 Å². The quantitative estimate of drug-likeness (QED) is 0.456. The van der Waals surface area contributed by atoms with Crippen LogP contribution in [0.1, 0.15) is 36.5 Å². The van der Waals surface area contributed by atoms with Crippen LogP contribution in [0, 0.1) is 12.8 Å². The Balaban J connectivity index is 0.000000235. The first kappa shape index (κ1) is 24.6. The largest absolute Gasteiger partial charge is 0.744 e. The van der Waals surface area contributed by atoms with E-state index in [1.54, 1.807) is 12.1 Å². The summed E-state index contributed by atoms with van der Waals surface area (Å²) in [5.74, 6) is 0.100. The highest BCUT2D eigenvalue weighted by Gasteiger charge is 2.30. The van der Waals surface area contributed by atoms with E-state index < -0.39 is 10.1 Å². The van der Waals surface area contributed by atoms with Crippen LogP contribution in [-0.2, 0) is 19.6 Å². The second kappa shape index (κ2) is 10.3. The van der Waals surface area contributed by atoms with Crippen LogP contribution in [0.2, 0.25) is 0 Å². The predicted octanol–water partition coefficient (Wildman–Crippen LogP) is 3.51. The minimum atomic E-state index is -4.27. The molecule has 1 aliphatic rings. The van der Waals surface area contributed by atoms with Gasteiger partial charge in [-0.05, 0) is 41.3 Å². The lowest BCUT2D eigenvalue weighted by Crippen LogP contribution is -2.67. The first-order valence-electron chi connectivity index (χ1n) is 10.8. The number of hydrogen-bond donors (Lipinski definition) is 1. The van der Waals surface area contributed by atoms with E-state index in [1.165, 1.54) is 34.4 Å². The van der Waals surface area contributed by atoms with E-state index in [4.69, 9.17) is 4.74 Å². The van der Waals surface area contributed by atoms with Gasteiger partial charge < -0.3 is 15.0 Å². The second-order valence-corrected chi connectivity index (χ2v) is 9.85. The molecule has 174 valence electrons. The zero-order chi connectivity index (χ0) is 24.2. The average Bonchev–Trinajstić information content (AvgIpc) is 3.11. The number of aryl methyl sites for hydroxylation is 1. The molecule has 3 aromatic carbocycles. The van der Waals surface area contributed by atoms with Crippen molar-refractivity contribution < 1.29 is 28.2 Å². The molecule has 3 N–H and O–H groups in total. The third-order valence-electron chi connectivity index (χ3n) is 5.77. The molecular weight excluding hydrogens is 438 g/mol. The number of hydrogen-bond acceptors (Lipinski definition) is 5. The zero-order valence-corrected chi connectivity index (χ0v) is 19.8. The Morgan fingerprint density at radius 1 is 0.939 bits per heavy atom. The molecule has 6 nitrogen and oxygen atoms in total. The van der Waals surface area contributed by atoms with E-state index in [-0.39, 0.29) is 28.7 Å². The molecule has 7 heteroatoms. The van der Waals surface area contributed by atoms with Gasteiger partial charge in [0, 0.05) is 11.8 Å². The molecule has 0 fully saturated rings. The van der Waals surface area contributed by atoms with Gasteiger partial charge in [-0.1, -0.05) is 80.1 Å². The molecule has 0 saturated heterocycles. The Labute approximate surface area is 195 Å². The van der Waals surface area contributed by atoms with E-state index in [9.17, 15) is 17.8 Å². The van der Waals surface area contributed by atoms with E-state index in [0.717, 1.165) is 5.56 Å². The molecule has 4 rings (SSSR count). The molecule has 0 aliphatic heterocycles. The fraction of sp³-hybridized carbons (Fsp3) is 0.269. The summed E-state index contributed by atoms with van der Waals surface area (Å²) in [7, 11) is -4.27. The standard InChI is InChI=1S/C19H21NO2.C7H8O3S/c1-12(2)18(20)19(21)22-11-17-15-9-5-3-7-13(15)14-8-4-6-10-16(14)17;1-6-2-4-7(5-3-6)11(8,9)10/h3-10,12,17-18H,11,20H2,1-2H3;2-5H,1H3,(H,8,9,10). The monoisotopic (exact) mass is 467 g/mol. The first-order valence-corrected chi connectivity index (χ1v) is 12.2. The van der Waals surface area contributed by atoms with Gasteiger partial charge in [0.25, 0.3) is 0 Å². The van der Waals surface area contributed by atoms with Crippen LogP contribution in [-0.4, -0.2) is 31.6 Å². The molecule has 1 atom stereocenters. The maximum Gasteiger partial charge on any atom is 0.365 e. The Bertz CT molecular complexity index is 1170. The normalized spacial score (nSPS) is 13.5. The summed E-state index contributed by atoms with van der Waals surface area (Å²) in [5, 5.41) is 0. The van der Waals surface area contributed by atoms with Gasteiger partial charge >= 0.3 is 5.97 Å². The summed E-state index contributed by atoms with van der Waals surface area (Å²) in [4.78, 5) is 11.9. The minimum absolute atomic E-state index is 0.121. The molecule has 0 radical (unpaired) electrons. The van der Waals surface area contributed by atoms with Crippen LogP contribution in [0.4, 0.5) is 0 Å². The Kier molecular flexibility index (Phi) is 7.68. The van der Waals surface area contributed by atoms with Crippen molar-refractivity contribution in [3.8, 4) is 11.1 Å². The number of carbonyl (C=O) groups excluding carboxylic acids is 1. The molecule has 0 aromatic heterocycles. The first-order chi connectivity index (χ1) is 15.6. The highest BCUT2D eigenvalue weighted by Crippen LogP contribution is 2.44. The molecule has 1 aliphatic carbocycles. The molecule has 0 saturated carbocycles. The summed E-state index contributed by atoms with van der Waals surface area (Å²) < 4.78 is 36.7. The summed E-state index contributed by atoms with van der Waals surface area (Å²) >= 11 is 0. The van der Waals surface area contributed by atoms with Crippen LogP contribution in [0.5, 0.6) is 0 Å². The van der Waals surface area contributed by atoms with Gasteiger partial charge in [-0.25, -0.2) is 13.2 Å². The van der Waals surface area contributed by atoms with Crippen molar-refractivity contribution in [2.75, 3.05) is 6.61 Å². The fourth-order valence-electron chi connectivity index (χ4n) is 3.69. The number of ether oxygens (including phenoxy) is 1. The minimum Gasteiger partial charge on any atom is -0.744 e. The van der Waals surface area contributed by atoms with Crippen LogP contribution in [0.25, 0.3) is 11.1 Å². The Hall–Kier alpha value is -3.00. The van der Waals surface area contributed by atoms with Crippen molar-refractivity contribution in [1.82, 2.24) is 0 Å². The van der Waals surface area contributed by atoms with Gasteiger partial charge in [-0.2, -0.15) is 0 Å². The van der Waals surface area contributed by atoms with Crippen molar-refractivity contribution in [1.29, 1.82) is 0 Å². The van der Waals surface area contributed by atoms with Gasteiger partial charge in [-0.3, -0.25) is 0 Å². The smallest absolute Gasteiger partial charge is 0.365 e. The Morgan fingerprint density at radius 3 is 1.88 bits per heavy atom. The van der Waals surface area contributed by atoms with Crippen molar-refractivity contribution in [3.63, 3.8) is 0 Å². The molecule has 0 amide bonds. The highest BCUT2D eigenvalue weighted by molar-refractivity contribution is 7.85. The van der Waals surface area contributed by atoms with Crippen LogP contribution >= 0.6 is 0 Å². The molecule has 0 spiro atoms. The molecule has 0 bridgehead atoms. The molecule has 3 aromatic rings. The molecule has 33 heavy (non-hydrogen) atoms. The summed E-state index contributed by atoms with van der Waals surface area (Å²) in [6.07, 6.45) is 0. The van der Waals surface area contributed by atoms with Crippen molar-refractivity contribution in [3.05, 3.63) is 89.5 Å². The lowest BCUT2D eigenvalue weighted by Gasteiger charge is -2.16. The summed E-state index contributed by atoms with van der Waals surface area (Å²) in [5.41, 5.74) is 9.79. The average molecular weight is 468 g/mol. The van der Waals surface area contributed by atoms with Crippen molar-refractivity contribution in [2.45, 2.75) is 37.6 Å². The molecule has 1 unspecified atom stereocenters. The van der Waals surface area contributed by atoms with E-state index in [1.807, 2.05) is 32.9 Å². The van der Waals surface area contributed by atoms with E-state index in [2.05, 4.69) is 42.1 Å². The number of fused-ring (bicyclic) bond motifs is 3. The van der Waals surface area contributed by atoms with E-state index >= 15 is 0 Å². The maximum absolute atomic E-state index is 12.1. The van der Waals surface area contributed by atoms with Gasteiger partial charge in [0.05, 0.1) is 4.90 Å². The molecular formula is C26H29NO5S. The third-order valence-corrected chi connectivity index (χ3v) is 6.62. The van der Waals surface area contributed by atoms with Crippen LogP contribution in [0.3, 0.4) is 0 Å². The number of quaternary nitrogens is 1. The predicted molar refractivity (Wildman–Crippen MR) is 125 cm³/mol. The highest BCUT2D eigenvalue weighted by atomic mass is 32.2. The maximum atomic E-state index is 12.1.